The van der Waals surface area contributed by atoms with Gasteiger partial charge >= 0.3 is 0 Å². The fourth-order valence-corrected chi connectivity index (χ4v) is 4.28. The van der Waals surface area contributed by atoms with Crippen LogP contribution in [-0.4, -0.2) is 18.1 Å². The number of rotatable bonds is 1. The van der Waals surface area contributed by atoms with Crippen molar-refractivity contribution in [2.75, 3.05) is 11.9 Å². The summed E-state index contributed by atoms with van der Waals surface area (Å²) in [6.07, 6.45) is 5.74. The van der Waals surface area contributed by atoms with Gasteiger partial charge in [0.25, 0.3) is 0 Å². The molecular weight excluding hydrogens is 304 g/mol. The van der Waals surface area contributed by atoms with Crippen LogP contribution in [0, 0.1) is 6.92 Å². The minimum atomic E-state index is 0.364. The van der Waals surface area contributed by atoms with E-state index in [0.29, 0.717) is 6.17 Å². The Morgan fingerprint density at radius 2 is 1.68 bits per heavy atom. The van der Waals surface area contributed by atoms with Crippen molar-refractivity contribution in [1.82, 2.24) is 4.90 Å². The van der Waals surface area contributed by atoms with E-state index in [9.17, 15) is 0 Å². The first-order valence-electron chi connectivity index (χ1n) is 8.96. The molecule has 0 aromatic heterocycles. The second-order valence-electron chi connectivity index (χ2n) is 7.27. The molecule has 25 heavy (non-hydrogen) atoms. The SMILES string of the molecule is Cc1c(N2C=CN(C)[C@@H]2C)ccc2c1Cc1cc3ccccc3cc1-2. The van der Waals surface area contributed by atoms with Gasteiger partial charge in [0.15, 0.2) is 0 Å². The summed E-state index contributed by atoms with van der Waals surface area (Å²) in [6, 6.07) is 18.0. The number of hydrogen-bond acceptors (Lipinski definition) is 2. The number of benzene rings is 3. The summed E-state index contributed by atoms with van der Waals surface area (Å²) < 4.78 is 0. The zero-order chi connectivity index (χ0) is 17.1. The van der Waals surface area contributed by atoms with Crippen LogP contribution in [0.3, 0.4) is 0 Å². The predicted octanol–water partition coefficient (Wildman–Crippen LogP) is 5.29. The van der Waals surface area contributed by atoms with E-state index in [2.05, 4.69) is 91.6 Å². The summed E-state index contributed by atoms with van der Waals surface area (Å²) >= 11 is 0. The monoisotopic (exact) mass is 326 g/mol. The largest absolute Gasteiger partial charge is 0.359 e. The van der Waals surface area contributed by atoms with Gasteiger partial charge in [-0.1, -0.05) is 36.4 Å². The average Bonchev–Trinajstić information content (AvgIpc) is 3.15. The molecular formula is C23H22N2. The van der Waals surface area contributed by atoms with Crippen LogP contribution in [0.1, 0.15) is 23.6 Å². The zero-order valence-corrected chi connectivity index (χ0v) is 15.0. The van der Waals surface area contributed by atoms with Crippen LogP contribution in [0.15, 0.2) is 60.9 Å². The molecule has 0 radical (unpaired) electrons. The predicted molar refractivity (Wildman–Crippen MR) is 106 cm³/mol. The van der Waals surface area contributed by atoms with E-state index in [-0.39, 0.29) is 0 Å². The van der Waals surface area contributed by atoms with Gasteiger partial charge in [0.05, 0.1) is 0 Å². The first kappa shape index (κ1) is 14.6. The fourth-order valence-electron chi connectivity index (χ4n) is 4.28. The van der Waals surface area contributed by atoms with E-state index in [1.807, 2.05) is 0 Å². The summed E-state index contributed by atoms with van der Waals surface area (Å²) in [5.74, 6) is 0. The van der Waals surface area contributed by atoms with Gasteiger partial charge < -0.3 is 9.80 Å². The van der Waals surface area contributed by atoms with E-state index >= 15 is 0 Å². The second kappa shape index (κ2) is 5.13. The first-order chi connectivity index (χ1) is 12.1. The Labute approximate surface area is 149 Å². The van der Waals surface area contributed by atoms with E-state index < -0.39 is 0 Å². The molecule has 2 aliphatic rings. The Bertz CT molecular complexity index is 1030. The highest BCUT2D eigenvalue weighted by Crippen LogP contribution is 2.43. The quantitative estimate of drug-likeness (QED) is 0.469. The molecule has 0 saturated carbocycles. The lowest BCUT2D eigenvalue weighted by Crippen LogP contribution is -2.33. The van der Waals surface area contributed by atoms with Crippen molar-refractivity contribution in [2.24, 2.45) is 0 Å². The molecule has 0 unspecified atom stereocenters. The Morgan fingerprint density at radius 3 is 2.40 bits per heavy atom. The van der Waals surface area contributed by atoms with Crippen LogP contribution in [-0.2, 0) is 6.42 Å². The number of anilines is 1. The molecule has 2 heteroatoms. The van der Waals surface area contributed by atoms with Gasteiger partial charge in [-0.2, -0.15) is 0 Å². The third kappa shape index (κ3) is 2.03. The van der Waals surface area contributed by atoms with Gasteiger partial charge in [0.2, 0.25) is 0 Å². The molecule has 3 aromatic carbocycles. The van der Waals surface area contributed by atoms with E-state index in [1.54, 1.807) is 0 Å². The highest BCUT2D eigenvalue weighted by molar-refractivity contribution is 5.92. The molecule has 0 fully saturated rings. The van der Waals surface area contributed by atoms with Crippen molar-refractivity contribution in [3.05, 3.63) is 77.6 Å². The van der Waals surface area contributed by atoms with E-state index in [4.69, 9.17) is 0 Å². The lowest BCUT2D eigenvalue weighted by atomic mass is 9.99. The maximum atomic E-state index is 2.37. The third-order valence-corrected chi connectivity index (χ3v) is 5.93. The number of hydrogen-bond donors (Lipinski definition) is 0. The summed E-state index contributed by atoms with van der Waals surface area (Å²) in [7, 11) is 2.13. The topological polar surface area (TPSA) is 6.48 Å². The summed E-state index contributed by atoms with van der Waals surface area (Å²) in [4.78, 5) is 4.61. The minimum Gasteiger partial charge on any atom is -0.359 e. The zero-order valence-electron chi connectivity index (χ0n) is 15.0. The van der Waals surface area contributed by atoms with Crippen molar-refractivity contribution < 1.29 is 0 Å². The molecule has 5 rings (SSSR count). The Balaban J connectivity index is 1.64. The summed E-state index contributed by atoms with van der Waals surface area (Å²) in [5, 5.41) is 2.67. The normalized spacial score (nSPS) is 18.1. The molecule has 2 nitrogen and oxygen atoms in total. The minimum absolute atomic E-state index is 0.364. The smallest absolute Gasteiger partial charge is 0.102 e. The van der Waals surface area contributed by atoms with Crippen LogP contribution in [0.2, 0.25) is 0 Å². The maximum absolute atomic E-state index is 2.37. The first-order valence-corrected chi connectivity index (χ1v) is 8.96. The van der Waals surface area contributed by atoms with E-state index in [0.717, 1.165) is 6.42 Å². The van der Waals surface area contributed by atoms with Crippen molar-refractivity contribution in [2.45, 2.75) is 26.4 Å². The molecule has 124 valence electrons. The van der Waals surface area contributed by atoms with Crippen LogP contribution in [0.4, 0.5) is 5.69 Å². The summed E-state index contributed by atoms with van der Waals surface area (Å²) in [6.45, 7) is 4.52. The molecule has 1 aliphatic carbocycles. The van der Waals surface area contributed by atoms with Gasteiger partial charge in [-0.15, -0.1) is 0 Å². The summed E-state index contributed by atoms with van der Waals surface area (Å²) in [5.41, 5.74) is 8.49. The van der Waals surface area contributed by atoms with Crippen LogP contribution in [0.5, 0.6) is 0 Å². The van der Waals surface area contributed by atoms with Gasteiger partial charge in [0.1, 0.15) is 6.17 Å². The standard InChI is InChI=1S/C23H22N2/c1-15-21-14-19-12-17-6-4-5-7-18(17)13-22(19)20(21)8-9-23(15)25-11-10-24(3)16(25)2/h4-13,16H,14H2,1-3H3/t16-/m0/s1. The van der Waals surface area contributed by atoms with Crippen molar-refractivity contribution in [3.8, 4) is 11.1 Å². The molecule has 0 spiro atoms. The van der Waals surface area contributed by atoms with Gasteiger partial charge in [-0.25, -0.2) is 0 Å². The van der Waals surface area contributed by atoms with Gasteiger partial charge in [-0.05, 0) is 71.0 Å². The molecule has 1 heterocycles. The van der Waals surface area contributed by atoms with E-state index in [1.165, 1.54) is 44.3 Å². The van der Waals surface area contributed by atoms with Crippen molar-refractivity contribution in [1.29, 1.82) is 0 Å². The van der Waals surface area contributed by atoms with Crippen LogP contribution in [0.25, 0.3) is 21.9 Å². The second-order valence-corrected chi connectivity index (χ2v) is 7.27. The highest BCUT2D eigenvalue weighted by Gasteiger charge is 2.26. The highest BCUT2D eigenvalue weighted by atomic mass is 15.4. The number of fused-ring (bicyclic) bond motifs is 4. The lowest BCUT2D eigenvalue weighted by molar-refractivity contribution is 0.383. The molecule has 0 saturated heterocycles. The Morgan fingerprint density at radius 1 is 0.920 bits per heavy atom. The van der Waals surface area contributed by atoms with Crippen LogP contribution < -0.4 is 4.90 Å². The number of nitrogens with zero attached hydrogens (tertiary/aromatic N) is 2. The lowest BCUT2D eigenvalue weighted by Gasteiger charge is -2.29. The van der Waals surface area contributed by atoms with Gasteiger partial charge in [-0.3, -0.25) is 0 Å². The van der Waals surface area contributed by atoms with Gasteiger partial charge in [0, 0.05) is 25.1 Å². The van der Waals surface area contributed by atoms with Crippen LogP contribution >= 0.6 is 0 Å². The molecule has 3 aromatic rings. The van der Waals surface area contributed by atoms with Crippen molar-refractivity contribution >= 4 is 16.5 Å². The molecule has 1 atom stereocenters. The average molecular weight is 326 g/mol. The molecule has 0 bridgehead atoms. The van der Waals surface area contributed by atoms with Crippen molar-refractivity contribution in [3.63, 3.8) is 0 Å². The third-order valence-electron chi connectivity index (χ3n) is 5.93. The Hall–Kier alpha value is -2.74. The molecule has 0 amide bonds. The Kier molecular flexibility index (Phi) is 2.99. The molecule has 0 N–H and O–H groups in total. The molecule has 1 aliphatic heterocycles. The fraction of sp³-hybridized carbons (Fsp3) is 0.217. The maximum Gasteiger partial charge on any atom is 0.102 e.